The molecule has 4 nitrogen and oxygen atoms in total. The van der Waals surface area contributed by atoms with Crippen LogP contribution < -0.4 is 34.7 Å². The fourth-order valence-corrected chi connectivity index (χ4v) is 2.28. The maximum Gasteiger partial charge on any atom is 1.00 e. The summed E-state index contributed by atoms with van der Waals surface area (Å²) >= 11 is 0. The summed E-state index contributed by atoms with van der Waals surface area (Å²) in [5, 5.41) is 11.3. The molecule has 0 aromatic heterocycles. The van der Waals surface area contributed by atoms with Crippen molar-refractivity contribution >= 4 is 11.8 Å². The minimum atomic E-state index is -0.769. The van der Waals surface area contributed by atoms with Gasteiger partial charge in [0.15, 0.2) is 5.78 Å². The number of hydrogen-bond acceptors (Lipinski definition) is 4. The van der Waals surface area contributed by atoms with E-state index in [0.29, 0.717) is 0 Å². The van der Waals surface area contributed by atoms with E-state index in [1.165, 1.54) is 7.11 Å². The number of allylic oxidation sites excluding steroid dienone is 2. The van der Waals surface area contributed by atoms with Gasteiger partial charge < -0.3 is 9.84 Å². The molecule has 0 N–H and O–H groups in total. The van der Waals surface area contributed by atoms with Gasteiger partial charge in [-0.2, -0.15) is 0 Å². The van der Waals surface area contributed by atoms with Gasteiger partial charge in [0.25, 0.3) is 0 Å². The summed E-state index contributed by atoms with van der Waals surface area (Å²) in [5.74, 6) is -2.03. The molecule has 0 heterocycles. The van der Waals surface area contributed by atoms with Gasteiger partial charge in [0, 0.05) is 0 Å². The largest absolute Gasteiger partial charge is 1.00 e. The molecule has 0 aromatic carbocycles. The van der Waals surface area contributed by atoms with E-state index < -0.39 is 17.7 Å². The van der Waals surface area contributed by atoms with E-state index in [-0.39, 0.29) is 47.7 Å². The van der Waals surface area contributed by atoms with Crippen LogP contribution in [0.3, 0.4) is 0 Å². The predicted molar refractivity (Wildman–Crippen MR) is 60.8 cm³/mol. The number of unbranched alkanes of at least 4 members (excludes halogenated alkanes) is 2. The summed E-state index contributed by atoms with van der Waals surface area (Å²) in [7, 11) is 1.27. The smallest absolute Gasteiger partial charge is 0.875 e. The average molecular weight is 262 g/mol. The molecule has 5 heteroatoms. The molecular formula is C13H19NaO4. The van der Waals surface area contributed by atoms with Crippen LogP contribution in [0, 0.1) is 11.8 Å². The Labute approximate surface area is 130 Å². The molecule has 96 valence electrons. The normalized spacial score (nSPS) is 23.0. The van der Waals surface area contributed by atoms with Crippen LogP contribution in [0.1, 0.15) is 39.0 Å². The summed E-state index contributed by atoms with van der Waals surface area (Å²) in [6.07, 6.45) is 5.13. The molecule has 0 saturated heterocycles. The molecule has 0 saturated carbocycles. The molecule has 1 aliphatic carbocycles. The second-order valence-corrected chi connectivity index (χ2v) is 4.47. The Hall–Kier alpha value is -0.320. The van der Waals surface area contributed by atoms with Crippen molar-refractivity contribution in [2.24, 2.45) is 11.8 Å². The summed E-state index contributed by atoms with van der Waals surface area (Å²) in [5.41, 5.74) is 0. The molecule has 0 amide bonds. The maximum atomic E-state index is 11.7. The van der Waals surface area contributed by atoms with Crippen molar-refractivity contribution in [1.82, 2.24) is 0 Å². The topological polar surface area (TPSA) is 66.4 Å². The Morgan fingerprint density at radius 3 is 2.72 bits per heavy atom. The molecule has 2 atom stereocenters. The zero-order valence-corrected chi connectivity index (χ0v) is 13.4. The van der Waals surface area contributed by atoms with Crippen molar-refractivity contribution in [2.45, 2.75) is 39.0 Å². The second kappa shape index (κ2) is 8.73. The third-order valence-electron chi connectivity index (χ3n) is 3.18. The number of ether oxygens (including phenoxy) is 1. The molecule has 0 radical (unpaired) electrons. The first-order chi connectivity index (χ1) is 8.10. The van der Waals surface area contributed by atoms with Gasteiger partial charge >= 0.3 is 35.5 Å². The van der Waals surface area contributed by atoms with Gasteiger partial charge in [0.05, 0.1) is 7.11 Å². The maximum absolute atomic E-state index is 11.7. The monoisotopic (exact) mass is 262 g/mol. The van der Waals surface area contributed by atoms with E-state index in [9.17, 15) is 14.7 Å². The molecule has 0 aromatic rings. The Morgan fingerprint density at radius 1 is 1.50 bits per heavy atom. The third kappa shape index (κ3) is 4.75. The number of ketones is 1. The number of rotatable bonds is 5. The van der Waals surface area contributed by atoms with Crippen molar-refractivity contribution in [3.63, 3.8) is 0 Å². The van der Waals surface area contributed by atoms with Crippen LogP contribution in [0.4, 0.5) is 0 Å². The summed E-state index contributed by atoms with van der Waals surface area (Å²) in [6.45, 7) is 2.09. The van der Waals surface area contributed by atoms with Crippen LogP contribution in [0.2, 0.25) is 0 Å². The van der Waals surface area contributed by atoms with Gasteiger partial charge in [-0.3, -0.25) is 9.59 Å². The van der Waals surface area contributed by atoms with E-state index >= 15 is 0 Å². The standard InChI is InChI=1S/C13H20O4.Na/c1-3-4-5-6-9-7-10(14)8-11(15)12(9)13(16)17-2;/h8-9,12,14H,3-7H2,1-2H3;/q;+1/p-1. The van der Waals surface area contributed by atoms with Crippen LogP contribution in [0.25, 0.3) is 0 Å². The summed E-state index contributed by atoms with van der Waals surface area (Å²) < 4.78 is 4.64. The number of esters is 1. The van der Waals surface area contributed by atoms with E-state index in [2.05, 4.69) is 11.7 Å². The van der Waals surface area contributed by atoms with Crippen LogP contribution in [0.5, 0.6) is 0 Å². The van der Waals surface area contributed by atoms with Crippen molar-refractivity contribution in [3.8, 4) is 0 Å². The quantitative estimate of drug-likeness (QED) is 0.254. The molecule has 0 aliphatic heterocycles. The van der Waals surface area contributed by atoms with Crippen LogP contribution >= 0.6 is 0 Å². The number of carbonyl (C=O) groups is 2. The molecule has 0 bridgehead atoms. The van der Waals surface area contributed by atoms with E-state index in [1.807, 2.05) is 0 Å². The summed E-state index contributed by atoms with van der Waals surface area (Å²) in [4.78, 5) is 23.2. The fourth-order valence-electron chi connectivity index (χ4n) is 2.28. The van der Waals surface area contributed by atoms with Gasteiger partial charge in [-0.1, -0.05) is 26.2 Å². The second-order valence-electron chi connectivity index (χ2n) is 4.47. The number of hydrogen-bond donors (Lipinski definition) is 0. The number of carbonyl (C=O) groups excluding carboxylic acids is 2. The van der Waals surface area contributed by atoms with Gasteiger partial charge in [0.1, 0.15) is 5.92 Å². The Bertz CT molecular complexity index is 325. The first-order valence-electron chi connectivity index (χ1n) is 6.09. The van der Waals surface area contributed by atoms with Crippen LogP contribution in [0.15, 0.2) is 11.8 Å². The third-order valence-corrected chi connectivity index (χ3v) is 3.18. The van der Waals surface area contributed by atoms with E-state index in [1.54, 1.807) is 0 Å². The molecule has 1 rings (SSSR count). The molecule has 18 heavy (non-hydrogen) atoms. The molecule has 1 aliphatic rings. The molecular weight excluding hydrogens is 243 g/mol. The van der Waals surface area contributed by atoms with Crippen LogP contribution in [-0.4, -0.2) is 18.9 Å². The first-order valence-corrected chi connectivity index (χ1v) is 6.09. The zero-order chi connectivity index (χ0) is 12.8. The zero-order valence-electron chi connectivity index (χ0n) is 11.4. The number of methoxy groups -OCH3 is 1. The van der Waals surface area contributed by atoms with Gasteiger partial charge in [-0.05, 0) is 24.8 Å². The van der Waals surface area contributed by atoms with Crippen LogP contribution in [-0.2, 0) is 14.3 Å². The van der Waals surface area contributed by atoms with Crippen molar-refractivity contribution < 1.29 is 49.0 Å². The molecule has 0 fully saturated rings. The first kappa shape index (κ1) is 17.7. The molecule has 0 spiro atoms. The molecule has 2 unspecified atom stereocenters. The Morgan fingerprint density at radius 2 is 2.17 bits per heavy atom. The Balaban J connectivity index is 0.00000289. The van der Waals surface area contributed by atoms with Crippen molar-refractivity contribution in [3.05, 3.63) is 11.8 Å². The SMILES string of the molecule is CCCCCC1CC([O-])=CC(=O)C1C(=O)OC.[Na+]. The Kier molecular flexibility index (Phi) is 8.57. The fraction of sp³-hybridized carbons (Fsp3) is 0.692. The average Bonchev–Trinajstić information content (AvgIpc) is 2.28. The van der Waals surface area contributed by atoms with E-state index in [4.69, 9.17) is 0 Å². The van der Waals surface area contributed by atoms with Gasteiger partial charge in [-0.25, -0.2) is 0 Å². The van der Waals surface area contributed by atoms with Gasteiger partial charge in [0.2, 0.25) is 0 Å². The summed E-state index contributed by atoms with van der Waals surface area (Å²) in [6, 6.07) is 0. The van der Waals surface area contributed by atoms with Crippen molar-refractivity contribution in [1.29, 1.82) is 0 Å². The van der Waals surface area contributed by atoms with E-state index in [0.717, 1.165) is 31.8 Å². The minimum Gasteiger partial charge on any atom is -0.875 e. The predicted octanol–water partition coefficient (Wildman–Crippen LogP) is -1.81. The minimum absolute atomic E-state index is 0. The van der Waals surface area contributed by atoms with Gasteiger partial charge in [-0.15, -0.1) is 5.76 Å². The van der Waals surface area contributed by atoms with Crippen molar-refractivity contribution in [2.75, 3.05) is 7.11 Å².